The average molecular weight is 271 g/mol. The first-order valence-corrected chi connectivity index (χ1v) is 6.76. The fourth-order valence-corrected chi connectivity index (χ4v) is 2.01. The van der Waals surface area contributed by atoms with E-state index in [-0.39, 0.29) is 11.9 Å². The van der Waals surface area contributed by atoms with Crippen LogP contribution in [0.1, 0.15) is 23.9 Å². The minimum atomic E-state index is -0.318. The summed E-state index contributed by atoms with van der Waals surface area (Å²) in [5, 5.41) is 2.91. The third-order valence-corrected chi connectivity index (χ3v) is 3.31. The van der Waals surface area contributed by atoms with Gasteiger partial charge in [-0.2, -0.15) is 0 Å². The molecule has 0 saturated heterocycles. The Morgan fingerprint density at radius 2 is 1.55 bits per heavy atom. The number of aromatic nitrogens is 1. The minimum Gasteiger partial charge on any atom is -0.324 e. The molecular weight excluding hydrogens is 250 g/mol. The molecule has 2 aromatic rings. The molecule has 0 radical (unpaired) electrons. The second-order valence-corrected chi connectivity index (χ2v) is 5.16. The van der Waals surface area contributed by atoms with Crippen molar-refractivity contribution < 1.29 is 4.79 Å². The van der Waals surface area contributed by atoms with Gasteiger partial charge in [-0.1, -0.05) is 17.7 Å². The molecule has 0 aliphatic rings. The maximum atomic E-state index is 12.2. The van der Waals surface area contributed by atoms with Gasteiger partial charge in [0.2, 0.25) is 5.91 Å². The largest absolute Gasteiger partial charge is 0.324 e. The SMILES string of the molecule is Cc1ccc(NC(=O)C(C)Nn2c(C)ccc2C)cc1. The number of carbonyl (C=O) groups excluding carboxylic acids is 1. The fraction of sp³-hybridized carbons (Fsp3) is 0.312. The van der Waals surface area contributed by atoms with Gasteiger partial charge in [0, 0.05) is 17.1 Å². The van der Waals surface area contributed by atoms with Crippen LogP contribution >= 0.6 is 0 Å². The lowest BCUT2D eigenvalue weighted by Crippen LogP contribution is -2.37. The van der Waals surface area contributed by atoms with Gasteiger partial charge >= 0.3 is 0 Å². The Labute approximate surface area is 119 Å². The van der Waals surface area contributed by atoms with Crippen LogP contribution in [-0.2, 0) is 4.79 Å². The summed E-state index contributed by atoms with van der Waals surface area (Å²) in [6.07, 6.45) is 0. The van der Waals surface area contributed by atoms with Gasteiger partial charge in [0.1, 0.15) is 6.04 Å². The Hall–Kier alpha value is -2.23. The summed E-state index contributed by atoms with van der Waals surface area (Å²) in [7, 11) is 0. The molecule has 0 saturated carbocycles. The molecule has 2 rings (SSSR count). The molecule has 1 atom stereocenters. The number of carbonyl (C=O) groups is 1. The standard InChI is InChI=1S/C16H21N3O/c1-11-5-9-15(10-6-11)17-16(20)14(4)18-19-12(2)7-8-13(19)3/h5-10,14,18H,1-4H3,(H,17,20). The first-order valence-electron chi connectivity index (χ1n) is 6.76. The highest BCUT2D eigenvalue weighted by Gasteiger charge is 2.14. The van der Waals surface area contributed by atoms with Gasteiger partial charge in [-0.05, 0) is 52.0 Å². The molecule has 0 bridgehead atoms. The highest BCUT2D eigenvalue weighted by atomic mass is 16.2. The van der Waals surface area contributed by atoms with Crippen LogP contribution in [0, 0.1) is 20.8 Å². The van der Waals surface area contributed by atoms with Crippen molar-refractivity contribution in [3.8, 4) is 0 Å². The molecule has 4 heteroatoms. The van der Waals surface area contributed by atoms with Crippen LogP contribution in [-0.4, -0.2) is 16.6 Å². The molecule has 1 heterocycles. The number of nitrogens with zero attached hydrogens (tertiary/aromatic N) is 1. The number of anilines is 1. The molecular formula is C16H21N3O. The zero-order valence-corrected chi connectivity index (χ0v) is 12.4. The summed E-state index contributed by atoms with van der Waals surface area (Å²) in [6, 6.07) is 11.5. The first kappa shape index (κ1) is 14.2. The average Bonchev–Trinajstić information content (AvgIpc) is 2.73. The van der Waals surface area contributed by atoms with E-state index in [9.17, 15) is 4.79 Å². The van der Waals surface area contributed by atoms with Crippen LogP contribution in [0.4, 0.5) is 5.69 Å². The molecule has 0 aliphatic carbocycles. The fourth-order valence-electron chi connectivity index (χ4n) is 2.01. The molecule has 106 valence electrons. The smallest absolute Gasteiger partial charge is 0.248 e. The van der Waals surface area contributed by atoms with Crippen molar-refractivity contribution in [3.63, 3.8) is 0 Å². The van der Waals surface area contributed by atoms with Gasteiger partial charge in [0.25, 0.3) is 0 Å². The quantitative estimate of drug-likeness (QED) is 0.898. The number of nitrogens with one attached hydrogen (secondary N) is 2. The van der Waals surface area contributed by atoms with Crippen LogP contribution < -0.4 is 10.7 Å². The van der Waals surface area contributed by atoms with E-state index < -0.39 is 0 Å². The van der Waals surface area contributed by atoms with Gasteiger partial charge < -0.3 is 10.7 Å². The predicted octanol–water partition coefficient (Wildman–Crippen LogP) is 2.98. The third kappa shape index (κ3) is 3.20. The van der Waals surface area contributed by atoms with Crippen molar-refractivity contribution in [1.29, 1.82) is 0 Å². The predicted molar refractivity (Wildman–Crippen MR) is 82.5 cm³/mol. The summed E-state index contributed by atoms with van der Waals surface area (Å²) in [4.78, 5) is 12.2. The van der Waals surface area contributed by atoms with Gasteiger partial charge in [0.05, 0.1) is 0 Å². The van der Waals surface area contributed by atoms with Crippen molar-refractivity contribution in [3.05, 3.63) is 53.3 Å². The van der Waals surface area contributed by atoms with Gasteiger partial charge in [-0.3, -0.25) is 9.47 Å². The number of rotatable bonds is 4. The van der Waals surface area contributed by atoms with Crippen LogP contribution in [0.5, 0.6) is 0 Å². The van der Waals surface area contributed by atoms with E-state index in [0.29, 0.717) is 0 Å². The van der Waals surface area contributed by atoms with Crippen molar-refractivity contribution in [2.24, 2.45) is 0 Å². The molecule has 1 aromatic heterocycles. The Bertz CT molecular complexity index is 579. The highest BCUT2D eigenvalue weighted by Crippen LogP contribution is 2.10. The number of hydrogen-bond donors (Lipinski definition) is 2. The van der Waals surface area contributed by atoms with E-state index in [4.69, 9.17) is 0 Å². The summed E-state index contributed by atoms with van der Waals surface area (Å²) in [6.45, 7) is 7.88. The van der Waals surface area contributed by atoms with Crippen LogP contribution in [0.3, 0.4) is 0 Å². The van der Waals surface area contributed by atoms with Crippen LogP contribution in [0.15, 0.2) is 36.4 Å². The monoisotopic (exact) mass is 271 g/mol. The van der Waals surface area contributed by atoms with Gasteiger partial charge in [-0.25, -0.2) is 0 Å². The lowest BCUT2D eigenvalue weighted by molar-refractivity contribution is -0.116. The van der Waals surface area contributed by atoms with E-state index in [0.717, 1.165) is 17.1 Å². The number of hydrogen-bond acceptors (Lipinski definition) is 2. The molecule has 0 fully saturated rings. The lowest BCUT2D eigenvalue weighted by atomic mass is 10.2. The number of aryl methyl sites for hydroxylation is 3. The van der Waals surface area contributed by atoms with Crippen molar-refractivity contribution in [2.75, 3.05) is 10.7 Å². The topological polar surface area (TPSA) is 46.1 Å². The van der Waals surface area contributed by atoms with E-state index in [1.54, 1.807) is 0 Å². The molecule has 2 N–H and O–H groups in total. The molecule has 1 amide bonds. The van der Waals surface area contributed by atoms with E-state index in [2.05, 4.69) is 10.7 Å². The molecule has 4 nitrogen and oxygen atoms in total. The number of amides is 1. The summed E-state index contributed by atoms with van der Waals surface area (Å²) in [5.74, 6) is -0.0543. The van der Waals surface area contributed by atoms with E-state index >= 15 is 0 Å². The molecule has 20 heavy (non-hydrogen) atoms. The molecule has 1 unspecified atom stereocenters. The molecule has 1 aromatic carbocycles. The normalized spacial score (nSPS) is 12.0. The van der Waals surface area contributed by atoms with Gasteiger partial charge in [-0.15, -0.1) is 0 Å². The van der Waals surface area contributed by atoms with Crippen molar-refractivity contribution in [2.45, 2.75) is 33.7 Å². The Morgan fingerprint density at radius 1 is 1.00 bits per heavy atom. The van der Waals surface area contributed by atoms with Crippen LogP contribution in [0.2, 0.25) is 0 Å². The Balaban J connectivity index is 2.00. The minimum absolute atomic E-state index is 0.0543. The summed E-state index contributed by atoms with van der Waals surface area (Å²) in [5.41, 5.74) is 7.35. The van der Waals surface area contributed by atoms with Gasteiger partial charge in [0.15, 0.2) is 0 Å². The first-order chi connectivity index (χ1) is 9.47. The van der Waals surface area contributed by atoms with E-state index in [1.807, 2.05) is 68.8 Å². The lowest BCUT2D eigenvalue weighted by Gasteiger charge is -2.19. The van der Waals surface area contributed by atoms with Crippen molar-refractivity contribution in [1.82, 2.24) is 4.68 Å². The molecule has 0 spiro atoms. The van der Waals surface area contributed by atoms with Crippen LogP contribution in [0.25, 0.3) is 0 Å². The Kier molecular flexibility index (Phi) is 4.13. The molecule has 0 aliphatic heterocycles. The maximum absolute atomic E-state index is 12.2. The summed E-state index contributed by atoms with van der Waals surface area (Å²) < 4.78 is 1.93. The van der Waals surface area contributed by atoms with E-state index in [1.165, 1.54) is 5.56 Å². The summed E-state index contributed by atoms with van der Waals surface area (Å²) >= 11 is 0. The maximum Gasteiger partial charge on any atom is 0.248 e. The number of benzene rings is 1. The second-order valence-electron chi connectivity index (χ2n) is 5.16. The highest BCUT2D eigenvalue weighted by molar-refractivity contribution is 5.95. The zero-order chi connectivity index (χ0) is 14.7. The Morgan fingerprint density at radius 3 is 2.10 bits per heavy atom. The zero-order valence-electron chi connectivity index (χ0n) is 12.4. The van der Waals surface area contributed by atoms with Crippen molar-refractivity contribution >= 4 is 11.6 Å². The third-order valence-electron chi connectivity index (χ3n) is 3.31. The second kappa shape index (κ2) is 5.82.